The summed E-state index contributed by atoms with van der Waals surface area (Å²) in [7, 11) is 0. The Bertz CT molecular complexity index is 487. The van der Waals surface area contributed by atoms with E-state index in [1.165, 1.54) is 11.3 Å². The molecule has 0 spiro atoms. The van der Waals surface area contributed by atoms with E-state index in [2.05, 4.69) is 78.6 Å². The van der Waals surface area contributed by atoms with E-state index in [1.807, 2.05) is 6.20 Å². The minimum Gasteiger partial charge on any atom is -0.352 e. The van der Waals surface area contributed by atoms with Crippen molar-refractivity contribution in [1.29, 1.82) is 0 Å². The lowest BCUT2D eigenvalue weighted by atomic mass is 10.1. The van der Waals surface area contributed by atoms with Gasteiger partial charge in [-0.05, 0) is 49.7 Å². The van der Waals surface area contributed by atoms with Gasteiger partial charge in [0, 0.05) is 51.9 Å². The standard InChI is InChI=1S/C16H26BrN3S/c1-11-12(2)21-7-6-20(11)15-13(8-14(17)10-18-15)9-19-16(3,4)5/h8,10-12,19H,6-7,9H2,1-5H3. The van der Waals surface area contributed by atoms with Crippen LogP contribution in [0.1, 0.15) is 40.2 Å². The fourth-order valence-corrected chi connectivity index (χ4v) is 3.93. The summed E-state index contributed by atoms with van der Waals surface area (Å²) in [6.07, 6.45) is 1.91. The number of hydrogen-bond donors (Lipinski definition) is 1. The molecule has 2 atom stereocenters. The van der Waals surface area contributed by atoms with Gasteiger partial charge < -0.3 is 10.2 Å². The van der Waals surface area contributed by atoms with E-state index >= 15 is 0 Å². The minimum absolute atomic E-state index is 0.107. The third-order valence-electron chi connectivity index (χ3n) is 3.87. The second-order valence-corrected chi connectivity index (χ2v) is 9.15. The van der Waals surface area contributed by atoms with Gasteiger partial charge in [-0.15, -0.1) is 0 Å². The van der Waals surface area contributed by atoms with Crippen LogP contribution in [0.3, 0.4) is 0 Å². The van der Waals surface area contributed by atoms with Crippen molar-refractivity contribution in [1.82, 2.24) is 10.3 Å². The zero-order chi connectivity index (χ0) is 15.6. The molecule has 0 aliphatic carbocycles. The van der Waals surface area contributed by atoms with Crippen molar-refractivity contribution in [2.45, 2.75) is 58.0 Å². The van der Waals surface area contributed by atoms with Crippen LogP contribution in [0.5, 0.6) is 0 Å². The van der Waals surface area contributed by atoms with Crippen molar-refractivity contribution in [2.24, 2.45) is 0 Å². The highest BCUT2D eigenvalue weighted by molar-refractivity contribution is 9.10. The summed E-state index contributed by atoms with van der Waals surface area (Å²) < 4.78 is 1.05. The Morgan fingerprint density at radius 2 is 2.14 bits per heavy atom. The normalized spacial score (nSPS) is 23.4. The highest BCUT2D eigenvalue weighted by Gasteiger charge is 2.27. The Hall–Kier alpha value is -0.260. The average Bonchev–Trinajstić information content (AvgIpc) is 2.39. The lowest BCUT2D eigenvalue weighted by Gasteiger charge is -2.39. The monoisotopic (exact) mass is 371 g/mol. The van der Waals surface area contributed by atoms with Crippen LogP contribution in [0.4, 0.5) is 5.82 Å². The number of aromatic nitrogens is 1. The molecule has 1 aromatic rings. The predicted octanol–water partition coefficient (Wildman–Crippen LogP) is 4.06. The minimum atomic E-state index is 0.107. The molecule has 3 nitrogen and oxygen atoms in total. The summed E-state index contributed by atoms with van der Waals surface area (Å²) >= 11 is 5.61. The molecule has 0 aromatic carbocycles. The van der Waals surface area contributed by atoms with Crippen LogP contribution in [0.2, 0.25) is 0 Å². The molecule has 0 radical (unpaired) electrons. The van der Waals surface area contributed by atoms with Gasteiger partial charge in [0.05, 0.1) is 0 Å². The molecule has 5 heteroatoms. The lowest BCUT2D eigenvalue weighted by Crippen LogP contribution is -2.46. The number of nitrogens with zero attached hydrogens (tertiary/aromatic N) is 2. The van der Waals surface area contributed by atoms with Crippen LogP contribution < -0.4 is 10.2 Å². The van der Waals surface area contributed by atoms with Gasteiger partial charge >= 0.3 is 0 Å². The van der Waals surface area contributed by atoms with Gasteiger partial charge in [-0.25, -0.2) is 4.98 Å². The molecule has 0 bridgehead atoms. The average molecular weight is 372 g/mol. The maximum Gasteiger partial charge on any atom is 0.133 e. The molecule has 2 unspecified atom stereocenters. The van der Waals surface area contributed by atoms with Crippen LogP contribution >= 0.6 is 27.7 Å². The highest BCUT2D eigenvalue weighted by atomic mass is 79.9. The molecular weight excluding hydrogens is 346 g/mol. The Kier molecular flexibility index (Phi) is 5.60. The molecule has 118 valence electrons. The van der Waals surface area contributed by atoms with E-state index in [9.17, 15) is 0 Å². The van der Waals surface area contributed by atoms with E-state index < -0.39 is 0 Å². The first-order chi connectivity index (χ1) is 9.78. The summed E-state index contributed by atoms with van der Waals surface area (Å²) in [5, 5.41) is 4.22. The van der Waals surface area contributed by atoms with Gasteiger partial charge in [0.25, 0.3) is 0 Å². The number of nitrogens with one attached hydrogen (secondary N) is 1. The number of rotatable bonds is 3. The Labute approximate surface area is 141 Å². The molecule has 21 heavy (non-hydrogen) atoms. The smallest absolute Gasteiger partial charge is 0.133 e. The van der Waals surface area contributed by atoms with Gasteiger partial charge in [0.2, 0.25) is 0 Å². The van der Waals surface area contributed by atoms with Crippen LogP contribution in [0.15, 0.2) is 16.7 Å². The zero-order valence-electron chi connectivity index (χ0n) is 13.6. The Balaban J connectivity index is 2.25. The second-order valence-electron chi connectivity index (χ2n) is 6.75. The lowest BCUT2D eigenvalue weighted by molar-refractivity contribution is 0.423. The fraction of sp³-hybridized carbons (Fsp3) is 0.688. The van der Waals surface area contributed by atoms with Gasteiger partial charge in [-0.2, -0.15) is 11.8 Å². The number of hydrogen-bond acceptors (Lipinski definition) is 4. The quantitative estimate of drug-likeness (QED) is 0.866. The summed E-state index contributed by atoms with van der Waals surface area (Å²) in [6.45, 7) is 13.1. The molecule has 1 N–H and O–H groups in total. The van der Waals surface area contributed by atoms with Gasteiger partial charge in [0.15, 0.2) is 0 Å². The third kappa shape index (κ3) is 4.60. The maximum absolute atomic E-state index is 4.72. The molecule has 1 fully saturated rings. The molecule has 0 saturated carbocycles. The van der Waals surface area contributed by atoms with Crippen molar-refractivity contribution in [3.8, 4) is 0 Å². The fourth-order valence-electron chi connectivity index (χ4n) is 2.46. The van der Waals surface area contributed by atoms with E-state index in [-0.39, 0.29) is 5.54 Å². The number of thioether (sulfide) groups is 1. The first-order valence-electron chi connectivity index (χ1n) is 7.55. The first kappa shape index (κ1) is 17.1. The third-order valence-corrected chi connectivity index (χ3v) is 5.65. The molecule has 2 rings (SSSR count). The van der Waals surface area contributed by atoms with Crippen molar-refractivity contribution in [2.75, 3.05) is 17.2 Å². The van der Waals surface area contributed by atoms with Crippen molar-refractivity contribution < 1.29 is 0 Å². The number of pyridine rings is 1. The van der Waals surface area contributed by atoms with Crippen molar-refractivity contribution in [3.05, 3.63) is 22.3 Å². The zero-order valence-corrected chi connectivity index (χ0v) is 16.0. The van der Waals surface area contributed by atoms with Crippen LogP contribution in [-0.2, 0) is 6.54 Å². The number of anilines is 1. The van der Waals surface area contributed by atoms with Crippen LogP contribution in [-0.4, -0.2) is 34.1 Å². The topological polar surface area (TPSA) is 28.2 Å². The highest BCUT2D eigenvalue weighted by Crippen LogP contribution is 2.31. The summed E-state index contributed by atoms with van der Waals surface area (Å²) in [4.78, 5) is 7.18. The van der Waals surface area contributed by atoms with Gasteiger partial charge in [-0.3, -0.25) is 0 Å². The van der Waals surface area contributed by atoms with E-state index in [1.54, 1.807) is 0 Å². The van der Waals surface area contributed by atoms with Crippen molar-refractivity contribution >= 4 is 33.5 Å². The molecule has 1 saturated heterocycles. The Morgan fingerprint density at radius 1 is 1.43 bits per heavy atom. The van der Waals surface area contributed by atoms with E-state index in [0.717, 1.165) is 23.4 Å². The SMILES string of the molecule is CC1SCCN(c2ncc(Br)cc2CNC(C)(C)C)C1C. The van der Waals surface area contributed by atoms with Gasteiger partial charge in [0.1, 0.15) is 5.82 Å². The largest absolute Gasteiger partial charge is 0.352 e. The summed E-state index contributed by atoms with van der Waals surface area (Å²) in [5.74, 6) is 2.31. The maximum atomic E-state index is 4.72. The second kappa shape index (κ2) is 6.88. The van der Waals surface area contributed by atoms with E-state index in [0.29, 0.717) is 11.3 Å². The summed E-state index contributed by atoms with van der Waals surface area (Å²) in [5.41, 5.74) is 1.38. The molecule has 1 aliphatic rings. The van der Waals surface area contributed by atoms with Gasteiger partial charge in [-0.1, -0.05) is 6.92 Å². The summed E-state index contributed by atoms with van der Waals surface area (Å²) in [6, 6.07) is 2.71. The number of halogens is 1. The molecule has 2 heterocycles. The first-order valence-corrected chi connectivity index (χ1v) is 9.40. The molecule has 1 aliphatic heterocycles. The molecular formula is C16H26BrN3S. The van der Waals surface area contributed by atoms with Crippen LogP contribution in [0.25, 0.3) is 0 Å². The predicted molar refractivity (Wildman–Crippen MR) is 97.3 cm³/mol. The Morgan fingerprint density at radius 3 is 2.81 bits per heavy atom. The van der Waals surface area contributed by atoms with E-state index in [4.69, 9.17) is 4.98 Å². The molecule has 0 amide bonds. The molecule has 1 aromatic heterocycles. The van der Waals surface area contributed by atoms with Crippen LogP contribution in [0, 0.1) is 0 Å². The van der Waals surface area contributed by atoms with Crippen molar-refractivity contribution in [3.63, 3.8) is 0 Å².